The highest BCUT2D eigenvalue weighted by molar-refractivity contribution is 5.00. The standard InChI is InChI=1S/C7H13NO/c1-2-7(8)6-3-5(6)4-9/h2,5-7,9H,1,3-4,8H2/t5-,6-,7+/m0/s1. The fraction of sp³-hybridized carbons (Fsp3) is 0.714. The van der Waals surface area contributed by atoms with Gasteiger partial charge in [0, 0.05) is 12.6 Å². The second-order valence-corrected chi connectivity index (χ2v) is 2.66. The highest BCUT2D eigenvalue weighted by Crippen LogP contribution is 2.39. The molecular formula is C7H13NO. The van der Waals surface area contributed by atoms with Crippen LogP contribution in [0.1, 0.15) is 6.42 Å². The van der Waals surface area contributed by atoms with Crippen LogP contribution in [0, 0.1) is 11.8 Å². The van der Waals surface area contributed by atoms with E-state index in [1.165, 1.54) is 0 Å². The van der Waals surface area contributed by atoms with Gasteiger partial charge in [-0.15, -0.1) is 6.58 Å². The fourth-order valence-corrected chi connectivity index (χ4v) is 1.13. The lowest BCUT2D eigenvalue weighted by Crippen LogP contribution is -2.20. The van der Waals surface area contributed by atoms with Crippen LogP contribution in [0.25, 0.3) is 0 Å². The van der Waals surface area contributed by atoms with E-state index in [2.05, 4.69) is 6.58 Å². The number of aliphatic hydroxyl groups excluding tert-OH is 1. The summed E-state index contributed by atoms with van der Waals surface area (Å²) in [6.07, 6.45) is 2.82. The Morgan fingerprint density at radius 3 is 2.89 bits per heavy atom. The Kier molecular flexibility index (Phi) is 1.88. The summed E-state index contributed by atoms with van der Waals surface area (Å²) in [7, 11) is 0. The van der Waals surface area contributed by atoms with E-state index in [0.717, 1.165) is 6.42 Å². The average Bonchev–Trinajstić information content (AvgIpc) is 2.64. The van der Waals surface area contributed by atoms with Crippen molar-refractivity contribution < 1.29 is 5.11 Å². The SMILES string of the molecule is C=C[C@@H](N)[C@H]1C[C@H]1CO. The van der Waals surface area contributed by atoms with Gasteiger partial charge in [-0.05, 0) is 18.3 Å². The summed E-state index contributed by atoms with van der Waals surface area (Å²) >= 11 is 0. The van der Waals surface area contributed by atoms with Crippen LogP contribution in [0.4, 0.5) is 0 Å². The molecule has 1 saturated carbocycles. The van der Waals surface area contributed by atoms with E-state index in [9.17, 15) is 0 Å². The van der Waals surface area contributed by atoms with Crippen molar-refractivity contribution in [1.82, 2.24) is 0 Å². The van der Waals surface area contributed by atoms with Crippen molar-refractivity contribution in [3.8, 4) is 0 Å². The van der Waals surface area contributed by atoms with E-state index in [4.69, 9.17) is 10.8 Å². The maximum Gasteiger partial charge on any atom is 0.0462 e. The number of hydrogen-bond acceptors (Lipinski definition) is 2. The molecule has 52 valence electrons. The molecule has 0 amide bonds. The van der Waals surface area contributed by atoms with Gasteiger partial charge in [0.2, 0.25) is 0 Å². The second-order valence-electron chi connectivity index (χ2n) is 2.66. The van der Waals surface area contributed by atoms with Crippen LogP contribution in [0.3, 0.4) is 0 Å². The third-order valence-electron chi connectivity index (χ3n) is 1.98. The molecule has 1 aliphatic carbocycles. The van der Waals surface area contributed by atoms with E-state index in [1.54, 1.807) is 6.08 Å². The molecule has 2 heteroatoms. The lowest BCUT2D eigenvalue weighted by molar-refractivity contribution is 0.267. The summed E-state index contributed by atoms with van der Waals surface area (Å²) in [4.78, 5) is 0. The summed E-state index contributed by atoms with van der Waals surface area (Å²) in [5.41, 5.74) is 5.62. The van der Waals surface area contributed by atoms with Gasteiger partial charge in [0.15, 0.2) is 0 Å². The summed E-state index contributed by atoms with van der Waals surface area (Å²) in [5, 5.41) is 8.63. The van der Waals surface area contributed by atoms with Crippen LogP contribution < -0.4 is 5.73 Å². The first-order chi connectivity index (χ1) is 4.29. The van der Waals surface area contributed by atoms with Crippen molar-refractivity contribution in [2.24, 2.45) is 17.6 Å². The normalized spacial score (nSPS) is 35.8. The predicted octanol–water partition coefficient (Wildman–Crippen LogP) is 0.128. The summed E-state index contributed by atoms with van der Waals surface area (Å²) in [5.74, 6) is 0.963. The third-order valence-corrected chi connectivity index (χ3v) is 1.98. The minimum atomic E-state index is 0.0992. The first-order valence-electron chi connectivity index (χ1n) is 3.28. The Hall–Kier alpha value is -0.340. The summed E-state index contributed by atoms with van der Waals surface area (Å²) < 4.78 is 0. The highest BCUT2D eigenvalue weighted by Gasteiger charge is 2.39. The van der Waals surface area contributed by atoms with Gasteiger partial charge < -0.3 is 10.8 Å². The Balaban J connectivity index is 2.24. The summed E-state index contributed by atoms with van der Waals surface area (Å²) in [6.45, 7) is 3.87. The summed E-state index contributed by atoms with van der Waals surface area (Å²) in [6, 6.07) is 0.0992. The Bertz CT molecular complexity index is 113. The molecule has 0 unspecified atom stereocenters. The monoisotopic (exact) mass is 127 g/mol. The Labute approximate surface area is 55.4 Å². The number of nitrogens with two attached hydrogens (primary N) is 1. The van der Waals surface area contributed by atoms with Crippen LogP contribution >= 0.6 is 0 Å². The zero-order chi connectivity index (χ0) is 6.85. The van der Waals surface area contributed by atoms with E-state index in [1.807, 2.05) is 0 Å². The molecule has 0 aromatic carbocycles. The Morgan fingerprint density at radius 1 is 1.89 bits per heavy atom. The predicted molar refractivity (Wildman–Crippen MR) is 36.9 cm³/mol. The smallest absolute Gasteiger partial charge is 0.0462 e. The molecule has 0 aromatic heterocycles. The van der Waals surface area contributed by atoms with E-state index in [0.29, 0.717) is 11.8 Å². The minimum absolute atomic E-state index is 0.0992. The molecule has 1 rings (SSSR count). The van der Waals surface area contributed by atoms with Crippen LogP contribution in [-0.2, 0) is 0 Å². The molecule has 0 spiro atoms. The maximum absolute atomic E-state index is 8.63. The largest absolute Gasteiger partial charge is 0.396 e. The van der Waals surface area contributed by atoms with E-state index in [-0.39, 0.29) is 12.6 Å². The molecule has 0 aromatic rings. The van der Waals surface area contributed by atoms with Gasteiger partial charge in [0.05, 0.1) is 0 Å². The van der Waals surface area contributed by atoms with Crippen LogP contribution in [-0.4, -0.2) is 17.8 Å². The van der Waals surface area contributed by atoms with Gasteiger partial charge in [0.25, 0.3) is 0 Å². The second kappa shape index (κ2) is 2.50. The highest BCUT2D eigenvalue weighted by atomic mass is 16.3. The van der Waals surface area contributed by atoms with Gasteiger partial charge in [-0.3, -0.25) is 0 Å². The molecular weight excluding hydrogens is 114 g/mol. The van der Waals surface area contributed by atoms with E-state index < -0.39 is 0 Å². The first-order valence-corrected chi connectivity index (χ1v) is 3.28. The van der Waals surface area contributed by atoms with Crippen molar-refractivity contribution >= 4 is 0 Å². The number of hydrogen-bond donors (Lipinski definition) is 2. The zero-order valence-electron chi connectivity index (χ0n) is 5.46. The van der Waals surface area contributed by atoms with Crippen LogP contribution in [0.5, 0.6) is 0 Å². The Morgan fingerprint density at radius 2 is 2.56 bits per heavy atom. The molecule has 0 saturated heterocycles. The minimum Gasteiger partial charge on any atom is -0.396 e. The van der Waals surface area contributed by atoms with Gasteiger partial charge >= 0.3 is 0 Å². The van der Waals surface area contributed by atoms with Crippen molar-refractivity contribution in [1.29, 1.82) is 0 Å². The first kappa shape index (κ1) is 6.78. The quantitative estimate of drug-likeness (QED) is 0.529. The van der Waals surface area contributed by atoms with Gasteiger partial charge in [-0.2, -0.15) is 0 Å². The number of aliphatic hydroxyl groups is 1. The molecule has 0 aliphatic heterocycles. The van der Waals surface area contributed by atoms with E-state index >= 15 is 0 Å². The lowest BCUT2D eigenvalue weighted by atomic mass is 10.2. The van der Waals surface area contributed by atoms with Crippen molar-refractivity contribution in [2.45, 2.75) is 12.5 Å². The molecule has 3 N–H and O–H groups in total. The van der Waals surface area contributed by atoms with Crippen LogP contribution in [0.2, 0.25) is 0 Å². The van der Waals surface area contributed by atoms with Gasteiger partial charge in [0.1, 0.15) is 0 Å². The fourth-order valence-electron chi connectivity index (χ4n) is 1.13. The molecule has 9 heavy (non-hydrogen) atoms. The maximum atomic E-state index is 8.63. The average molecular weight is 127 g/mol. The molecule has 0 heterocycles. The molecule has 2 nitrogen and oxygen atoms in total. The van der Waals surface area contributed by atoms with Crippen molar-refractivity contribution in [3.63, 3.8) is 0 Å². The molecule has 1 aliphatic rings. The van der Waals surface area contributed by atoms with Gasteiger partial charge in [-0.25, -0.2) is 0 Å². The lowest BCUT2D eigenvalue weighted by Gasteiger charge is -2.01. The molecule has 0 bridgehead atoms. The molecule has 0 radical (unpaired) electrons. The molecule has 3 atom stereocenters. The molecule has 1 fully saturated rings. The number of rotatable bonds is 3. The van der Waals surface area contributed by atoms with Crippen molar-refractivity contribution in [3.05, 3.63) is 12.7 Å². The topological polar surface area (TPSA) is 46.2 Å². The third kappa shape index (κ3) is 1.32. The van der Waals surface area contributed by atoms with Crippen molar-refractivity contribution in [2.75, 3.05) is 6.61 Å². The zero-order valence-corrected chi connectivity index (χ0v) is 5.46. The van der Waals surface area contributed by atoms with Gasteiger partial charge in [-0.1, -0.05) is 6.08 Å². The van der Waals surface area contributed by atoms with Crippen LogP contribution in [0.15, 0.2) is 12.7 Å².